The van der Waals surface area contributed by atoms with E-state index in [-0.39, 0.29) is 5.88 Å². The molecule has 0 aliphatic heterocycles. The molecular weight excluding hydrogens is 294 g/mol. The summed E-state index contributed by atoms with van der Waals surface area (Å²) in [6.07, 6.45) is -0.581. The first kappa shape index (κ1) is 15.2. The number of aromatic nitrogens is 1. The van der Waals surface area contributed by atoms with Crippen molar-refractivity contribution in [1.82, 2.24) is 5.16 Å². The Kier molecular flexibility index (Phi) is 4.09. The number of nitrogens with zero attached hydrogens (tertiary/aromatic N) is 1. The van der Waals surface area contributed by atoms with Crippen molar-refractivity contribution < 1.29 is 14.1 Å². The highest BCUT2D eigenvalue weighted by Crippen LogP contribution is 2.31. The third-order valence-electron chi connectivity index (χ3n) is 2.42. The van der Waals surface area contributed by atoms with Gasteiger partial charge in [0.1, 0.15) is 11.3 Å². The van der Waals surface area contributed by atoms with Gasteiger partial charge in [0.2, 0.25) is 5.88 Å². The van der Waals surface area contributed by atoms with E-state index in [4.69, 9.17) is 26.6 Å². The summed E-state index contributed by atoms with van der Waals surface area (Å²) in [4.78, 5) is 11.9. The van der Waals surface area contributed by atoms with Crippen LogP contribution in [0, 0.1) is 0 Å². The van der Waals surface area contributed by atoms with Crippen LogP contribution in [-0.2, 0) is 4.74 Å². The van der Waals surface area contributed by atoms with Crippen LogP contribution in [0.5, 0.6) is 0 Å². The van der Waals surface area contributed by atoms with Gasteiger partial charge in [-0.25, -0.2) is 4.79 Å². The number of nitrogen functional groups attached to an aromatic ring is 1. The van der Waals surface area contributed by atoms with Crippen LogP contribution in [0.25, 0.3) is 11.3 Å². The molecule has 0 aliphatic rings. The van der Waals surface area contributed by atoms with Crippen LogP contribution in [0.4, 0.5) is 16.4 Å². The standard InChI is InChI=1S/C14H16ClN3O3/c1-14(2,3)20-13(19)17-10-6-8(15)4-5-9(10)11-7-12(16)21-18-11/h4-7H,16H2,1-3H3,(H,17,19). The zero-order chi connectivity index (χ0) is 15.6. The largest absolute Gasteiger partial charge is 0.444 e. The number of rotatable bonds is 2. The zero-order valence-electron chi connectivity index (χ0n) is 11.9. The maximum Gasteiger partial charge on any atom is 0.412 e. The van der Waals surface area contributed by atoms with Gasteiger partial charge < -0.3 is 15.0 Å². The van der Waals surface area contributed by atoms with Crippen LogP contribution in [0.15, 0.2) is 28.8 Å². The average molecular weight is 310 g/mol. The van der Waals surface area contributed by atoms with Gasteiger partial charge in [0.05, 0.1) is 5.69 Å². The van der Waals surface area contributed by atoms with Crippen LogP contribution in [0.1, 0.15) is 20.8 Å². The minimum Gasteiger partial charge on any atom is -0.444 e. The minimum absolute atomic E-state index is 0.183. The monoisotopic (exact) mass is 309 g/mol. The molecule has 1 heterocycles. The number of benzene rings is 1. The van der Waals surface area contributed by atoms with Gasteiger partial charge in [-0.3, -0.25) is 5.32 Å². The smallest absolute Gasteiger partial charge is 0.412 e. The zero-order valence-corrected chi connectivity index (χ0v) is 12.7. The van der Waals surface area contributed by atoms with Crippen molar-refractivity contribution in [1.29, 1.82) is 0 Å². The summed E-state index contributed by atoms with van der Waals surface area (Å²) >= 11 is 5.97. The summed E-state index contributed by atoms with van der Waals surface area (Å²) in [6, 6.07) is 6.56. The summed E-state index contributed by atoms with van der Waals surface area (Å²) < 4.78 is 10.1. The Morgan fingerprint density at radius 2 is 2.10 bits per heavy atom. The maximum atomic E-state index is 11.9. The van der Waals surface area contributed by atoms with Crippen molar-refractivity contribution in [2.24, 2.45) is 0 Å². The SMILES string of the molecule is CC(C)(C)OC(=O)Nc1cc(Cl)ccc1-c1cc(N)on1. The number of amides is 1. The highest BCUT2D eigenvalue weighted by atomic mass is 35.5. The van der Waals surface area contributed by atoms with E-state index in [1.54, 1.807) is 45.0 Å². The van der Waals surface area contributed by atoms with E-state index in [0.29, 0.717) is 22.0 Å². The number of hydrogen-bond donors (Lipinski definition) is 2. The van der Waals surface area contributed by atoms with Crippen molar-refractivity contribution in [3.63, 3.8) is 0 Å². The summed E-state index contributed by atoms with van der Waals surface area (Å²) in [5.74, 6) is 0.183. The number of ether oxygens (including phenoxy) is 1. The molecule has 0 saturated heterocycles. The number of nitrogens with one attached hydrogen (secondary N) is 1. The van der Waals surface area contributed by atoms with Gasteiger partial charge in [0, 0.05) is 16.7 Å². The number of halogens is 1. The van der Waals surface area contributed by atoms with Gasteiger partial charge in [-0.1, -0.05) is 16.8 Å². The molecule has 1 amide bonds. The Labute approximate surface area is 127 Å². The molecule has 7 heteroatoms. The fourth-order valence-electron chi connectivity index (χ4n) is 1.67. The Hall–Kier alpha value is -2.21. The lowest BCUT2D eigenvalue weighted by atomic mass is 10.1. The molecule has 2 aromatic rings. The van der Waals surface area contributed by atoms with Crippen molar-refractivity contribution in [2.45, 2.75) is 26.4 Å². The second-order valence-electron chi connectivity index (χ2n) is 5.43. The normalized spacial score (nSPS) is 11.2. The predicted octanol–water partition coefficient (Wildman–Crippen LogP) is 3.92. The lowest BCUT2D eigenvalue weighted by molar-refractivity contribution is 0.0636. The maximum absolute atomic E-state index is 11.9. The molecule has 0 aliphatic carbocycles. The molecule has 2 rings (SSSR count). The van der Waals surface area contributed by atoms with Crippen molar-refractivity contribution in [3.05, 3.63) is 29.3 Å². The average Bonchev–Trinajstić information content (AvgIpc) is 2.73. The fourth-order valence-corrected chi connectivity index (χ4v) is 1.85. The molecule has 112 valence electrons. The Morgan fingerprint density at radius 1 is 1.38 bits per heavy atom. The molecule has 0 spiro atoms. The van der Waals surface area contributed by atoms with E-state index in [1.807, 2.05) is 0 Å². The van der Waals surface area contributed by atoms with Gasteiger partial charge in [-0.05, 0) is 39.0 Å². The summed E-state index contributed by atoms with van der Waals surface area (Å²) in [7, 11) is 0. The molecule has 0 saturated carbocycles. The topological polar surface area (TPSA) is 90.4 Å². The van der Waals surface area contributed by atoms with Gasteiger partial charge in [0.15, 0.2) is 0 Å². The lowest BCUT2D eigenvalue weighted by Gasteiger charge is -2.20. The number of hydrogen-bond acceptors (Lipinski definition) is 5. The molecule has 0 fully saturated rings. The van der Waals surface area contributed by atoms with Gasteiger partial charge in [-0.15, -0.1) is 0 Å². The third kappa shape index (κ3) is 4.13. The quantitative estimate of drug-likeness (QED) is 0.877. The molecule has 6 nitrogen and oxygen atoms in total. The van der Waals surface area contributed by atoms with Crippen LogP contribution in [0.3, 0.4) is 0 Å². The van der Waals surface area contributed by atoms with Crippen molar-refractivity contribution in [3.8, 4) is 11.3 Å². The number of carbonyl (C=O) groups excluding carboxylic acids is 1. The minimum atomic E-state index is -0.596. The van der Waals surface area contributed by atoms with Crippen LogP contribution < -0.4 is 11.1 Å². The number of carbonyl (C=O) groups is 1. The highest BCUT2D eigenvalue weighted by molar-refractivity contribution is 6.31. The van der Waals surface area contributed by atoms with Crippen LogP contribution in [0.2, 0.25) is 5.02 Å². The molecular formula is C14H16ClN3O3. The van der Waals surface area contributed by atoms with E-state index in [0.717, 1.165) is 0 Å². The number of nitrogens with two attached hydrogens (primary N) is 1. The first-order valence-corrected chi connectivity index (χ1v) is 6.64. The molecule has 0 unspecified atom stereocenters. The van der Waals surface area contributed by atoms with E-state index in [2.05, 4.69) is 10.5 Å². The molecule has 0 atom stereocenters. The predicted molar refractivity (Wildman–Crippen MR) is 81.2 cm³/mol. The molecule has 3 N–H and O–H groups in total. The molecule has 0 bridgehead atoms. The third-order valence-corrected chi connectivity index (χ3v) is 2.66. The highest BCUT2D eigenvalue weighted by Gasteiger charge is 2.18. The second kappa shape index (κ2) is 5.65. The summed E-state index contributed by atoms with van der Waals surface area (Å²) in [6.45, 7) is 5.34. The van der Waals surface area contributed by atoms with Crippen LogP contribution >= 0.6 is 11.6 Å². The first-order chi connectivity index (χ1) is 9.74. The first-order valence-electron chi connectivity index (χ1n) is 6.27. The Balaban J connectivity index is 2.30. The Bertz CT molecular complexity index is 662. The van der Waals surface area contributed by atoms with Crippen LogP contribution in [-0.4, -0.2) is 16.9 Å². The van der Waals surface area contributed by atoms with E-state index < -0.39 is 11.7 Å². The molecule has 1 aromatic carbocycles. The fraction of sp³-hybridized carbons (Fsp3) is 0.286. The second-order valence-corrected chi connectivity index (χ2v) is 5.87. The van der Waals surface area contributed by atoms with Gasteiger partial charge >= 0.3 is 6.09 Å². The molecule has 21 heavy (non-hydrogen) atoms. The van der Waals surface area contributed by atoms with E-state index in [1.165, 1.54) is 0 Å². The lowest BCUT2D eigenvalue weighted by Crippen LogP contribution is -2.27. The molecule has 1 aromatic heterocycles. The number of anilines is 2. The summed E-state index contributed by atoms with van der Waals surface area (Å²) in [5, 5.41) is 6.94. The molecule has 0 radical (unpaired) electrons. The van der Waals surface area contributed by atoms with Gasteiger partial charge in [-0.2, -0.15) is 0 Å². The van der Waals surface area contributed by atoms with Crippen molar-refractivity contribution >= 4 is 29.3 Å². The van der Waals surface area contributed by atoms with E-state index >= 15 is 0 Å². The Morgan fingerprint density at radius 3 is 2.67 bits per heavy atom. The summed E-state index contributed by atoms with van der Waals surface area (Å²) in [5.41, 5.74) is 6.51. The van der Waals surface area contributed by atoms with E-state index in [9.17, 15) is 4.79 Å². The van der Waals surface area contributed by atoms with Gasteiger partial charge in [0.25, 0.3) is 0 Å². The van der Waals surface area contributed by atoms with Crippen molar-refractivity contribution in [2.75, 3.05) is 11.1 Å².